The van der Waals surface area contributed by atoms with E-state index < -0.39 is 11.8 Å². The van der Waals surface area contributed by atoms with Crippen molar-refractivity contribution in [2.45, 2.75) is 65.8 Å². The maximum Gasteiger partial charge on any atom is 0.270 e. The zero-order chi connectivity index (χ0) is 25.7. The molecule has 1 unspecified atom stereocenters. The van der Waals surface area contributed by atoms with Crippen LogP contribution >= 0.6 is 28.1 Å². The second-order valence-electron chi connectivity index (χ2n) is 10.2. The normalized spacial score (nSPS) is 20.8. The Morgan fingerprint density at radius 1 is 1.14 bits per heavy atom. The van der Waals surface area contributed by atoms with Crippen molar-refractivity contribution in [3.05, 3.63) is 62.6 Å². The van der Waals surface area contributed by atoms with Gasteiger partial charge in [-0.25, -0.2) is 0 Å². The van der Waals surface area contributed by atoms with Crippen LogP contribution in [-0.4, -0.2) is 29.0 Å². The average molecular weight is 555 g/mol. The fourth-order valence-electron chi connectivity index (χ4n) is 5.35. The van der Waals surface area contributed by atoms with Gasteiger partial charge in [0.15, 0.2) is 5.11 Å². The smallest absolute Gasteiger partial charge is 0.270 e. The number of aryl methyl sites for hydroxylation is 2. The summed E-state index contributed by atoms with van der Waals surface area (Å²) in [6.45, 7) is 14.0. The summed E-state index contributed by atoms with van der Waals surface area (Å²) in [6, 6.07) is 9.97. The van der Waals surface area contributed by atoms with Gasteiger partial charge in [-0.15, -0.1) is 0 Å². The van der Waals surface area contributed by atoms with Gasteiger partial charge in [0.05, 0.1) is 5.69 Å². The Kier molecular flexibility index (Phi) is 6.95. The van der Waals surface area contributed by atoms with Gasteiger partial charge in [-0.05, 0) is 117 Å². The van der Waals surface area contributed by atoms with E-state index in [1.54, 1.807) is 6.08 Å². The van der Waals surface area contributed by atoms with E-state index in [4.69, 9.17) is 12.2 Å². The molecule has 2 amide bonds. The largest absolute Gasteiger partial charge is 0.366 e. The van der Waals surface area contributed by atoms with Crippen LogP contribution in [-0.2, 0) is 9.59 Å². The van der Waals surface area contributed by atoms with Crippen molar-refractivity contribution >= 4 is 62.5 Å². The van der Waals surface area contributed by atoms with Crippen molar-refractivity contribution in [1.29, 1.82) is 0 Å². The number of carbonyl (C=O) groups excluding carboxylic acids is 2. The highest BCUT2D eigenvalue weighted by Crippen LogP contribution is 2.44. The van der Waals surface area contributed by atoms with Crippen LogP contribution in [0.25, 0.3) is 6.08 Å². The molecule has 2 aromatic carbocycles. The monoisotopic (exact) mass is 553 g/mol. The summed E-state index contributed by atoms with van der Waals surface area (Å²) in [7, 11) is 0. The minimum Gasteiger partial charge on any atom is -0.366 e. The van der Waals surface area contributed by atoms with Crippen molar-refractivity contribution in [2.24, 2.45) is 0 Å². The Morgan fingerprint density at radius 3 is 2.51 bits per heavy atom. The van der Waals surface area contributed by atoms with Gasteiger partial charge < -0.3 is 4.90 Å². The molecule has 2 aliphatic heterocycles. The minimum atomic E-state index is -0.468. The van der Waals surface area contributed by atoms with Crippen molar-refractivity contribution < 1.29 is 9.59 Å². The second-order valence-corrected chi connectivity index (χ2v) is 11.5. The first-order valence-corrected chi connectivity index (χ1v) is 13.2. The summed E-state index contributed by atoms with van der Waals surface area (Å²) in [5, 5.41) is 2.80. The average Bonchev–Trinajstić information content (AvgIpc) is 2.75. The van der Waals surface area contributed by atoms with Gasteiger partial charge in [0, 0.05) is 22.2 Å². The van der Waals surface area contributed by atoms with Crippen LogP contribution in [0.5, 0.6) is 0 Å². The Hall–Kier alpha value is -2.51. The van der Waals surface area contributed by atoms with Gasteiger partial charge >= 0.3 is 0 Å². The van der Waals surface area contributed by atoms with Crippen LogP contribution in [0.2, 0.25) is 0 Å². The molecule has 35 heavy (non-hydrogen) atoms. The number of benzene rings is 2. The minimum absolute atomic E-state index is 0.0762. The molecule has 2 aliphatic rings. The van der Waals surface area contributed by atoms with Crippen molar-refractivity contribution in [3.63, 3.8) is 0 Å². The molecule has 5 nitrogen and oxygen atoms in total. The lowest BCUT2D eigenvalue weighted by Crippen LogP contribution is -2.54. The number of nitrogens with one attached hydrogen (secondary N) is 1. The Morgan fingerprint density at radius 2 is 1.86 bits per heavy atom. The molecule has 0 aliphatic carbocycles. The predicted molar refractivity (Wildman–Crippen MR) is 151 cm³/mol. The fourth-order valence-corrected chi connectivity index (χ4v) is 6.10. The molecular weight excluding hydrogens is 522 g/mol. The second kappa shape index (κ2) is 9.51. The summed E-state index contributed by atoms with van der Waals surface area (Å²) in [4.78, 5) is 30.4. The van der Waals surface area contributed by atoms with Crippen LogP contribution in [0, 0.1) is 13.8 Å². The highest BCUT2D eigenvalue weighted by atomic mass is 79.9. The third-order valence-corrected chi connectivity index (χ3v) is 7.80. The molecule has 0 aromatic heterocycles. The number of anilines is 2. The van der Waals surface area contributed by atoms with E-state index in [1.165, 1.54) is 16.2 Å². The number of rotatable bonds is 4. The Bertz CT molecular complexity index is 1270. The van der Waals surface area contributed by atoms with E-state index in [-0.39, 0.29) is 16.2 Å². The molecule has 1 N–H and O–H groups in total. The fraction of sp³-hybridized carbons (Fsp3) is 0.393. The lowest BCUT2D eigenvalue weighted by molar-refractivity contribution is -0.122. The van der Waals surface area contributed by atoms with E-state index in [2.05, 4.69) is 66.0 Å². The maximum absolute atomic E-state index is 13.6. The Balaban J connectivity index is 1.78. The molecule has 0 saturated carbocycles. The highest BCUT2D eigenvalue weighted by molar-refractivity contribution is 9.10. The molecule has 7 heteroatoms. The van der Waals surface area contributed by atoms with Gasteiger partial charge in [-0.2, -0.15) is 0 Å². The third-order valence-electron chi connectivity index (χ3n) is 7.02. The SMILES string of the molecule is CCCN1c2cc(C)c(/C=C3/C(=O)NC(=S)N(c4ccc(Br)cc4C)C3=O)cc2C(C)CC1(C)C. The van der Waals surface area contributed by atoms with Crippen LogP contribution in [0.1, 0.15) is 68.7 Å². The number of hydrogen-bond acceptors (Lipinski definition) is 4. The first-order chi connectivity index (χ1) is 16.4. The summed E-state index contributed by atoms with van der Waals surface area (Å²) in [6.07, 6.45) is 3.83. The molecule has 1 saturated heterocycles. The first kappa shape index (κ1) is 25.6. The van der Waals surface area contributed by atoms with Crippen LogP contribution in [0.15, 0.2) is 40.4 Å². The van der Waals surface area contributed by atoms with Crippen molar-refractivity contribution in [2.75, 3.05) is 16.3 Å². The number of amides is 2. The lowest BCUT2D eigenvalue weighted by Gasteiger charge is -2.48. The molecule has 0 spiro atoms. The van der Waals surface area contributed by atoms with E-state index >= 15 is 0 Å². The molecule has 2 aromatic rings. The number of halogens is 1. The van der Waals surface area contributed by atoms with Crippen molar-refractivity contribution in [1.82, 2.24) is 5.32 Å². The third kappa shape index (κ3) is 4.68. The molecule has 2 heterocycles. The number of fused-ring (bicyclic) bond motifs is 1. The zero-order valence-electron chi connectivity index (χ0n) is 21.2. The van der Waals surface area contributed by atoms with Crippen LogP contribution < -0.4 is 15.1 Å². The standard InChI is InChI=1S/C28H32BrN3O2S/c1-7-10-31-24-12-16(2)19(13-21(24)18(4)15-28(31,5)6)14-22-25(33)30-27(35)32(26(22)34)23-9-8-20(29)11-17(23)3/h8-9,11-14,18H,7,10,15H2,1-6H3,(H,30,33,35)/b22-14-. The maximum atomic E-state index is 13.6. The quantitative estimate of drug-likeness (QED) is 0.270. The van der Waals surface area contributed by atoms with E-state index in [0.717, 1.165) is 40.5 Å². The number of hydrogen-bond donors (Lipinski definition) is 1. The summed E-state index contributed by atoms with van der Waals surface area (Å²) >= 11 is 8.84. The zero-order valence-corrected chi connectivity index (χ0v) is 23.6. The van der Waals surface area contributed by atoms with Crippen LogP contribution in [0.3, 0.4) is 0 Å². The number of thiocarbonyl (C=S) groups is 1. The summed E-state index contributed by atoms with van der Waals surface area (Å²) < 4.78 is 0.910. The summed E-state index contributed by atoms with van der Waals surface area (Å²) in [5.41, 5.74) is 6.11. The van der Waals surface area contributed by atoms with Gasteiger partial charge in [-0.1, -0.05) is 29.8 Å². The predicted octanol–water partition coefficient (Wildman–Crippen LogP) is 6.40. The molecule has 1 fully saturated rings. The lowest BCUT2D eigenvalue weighted by atomic mass is 9.78. The van der Waals surface area contributed by atoms with E-state index in [9.17, 15) is 9.59 Å². The molecule has 184 valence electrons. The first-order valence-electron chi connectivity index (χ1n) is 12.0. The van der Waals surface area contributed by atoms with Gasteiger partial charge in [0.2, 0.25) is 0 Å². The van der Waals surface area contributed by atoms with Crippen molar-refractivity contribution in [3.8, 4) is 0 Å². The number of carbonyl (C=O) groups is 2. The van der Waals surface area contributed by atoms with Gasteiger partial charge in [0.25, 0.3) is 11.8 Å². The molecule has 0 radical (unpaired) electrons. The number of nitrogens with zero attached hydrogens (tertiary/aromatic N) is 2. The highest BCUT2D eigenvalue weighted by Gasteiger charge is 2.37. The van der Waals surface area contributed by atoms with Crippen LogP contribution in [0.4, 0.5) is 11.4 Å². The summed E-state index contributed by atoms with van der Waals surface area (Å²) in [5.74, 6) is -0.510. The molecule has 4 rings (SSSR count). The Labute approximate surface area is 221 Å². The molecule has 1 atom stereocenters. The molecule has 0 bridgehead atoms. The van der Waals surface area contributed by atoms with E-state index in [0.29, 0.717) is 11.6 Å². The topological polar surface area (TPSA) is 52.7 Å². The molecular formula is C28H32BrN3O2S. The van der Waals surface area contributed by atoms with Gasteiger partial charge in [-0.3, -0.25) is 19.8 Å². The van der Waals surface area contributed by atoms with E-state index in [1.807, 2.05) is 32.0 Å². The van der Waals surface area contributed by atoms with Gasteiger partial charge in [0.1, 0.15) is 5.57 Å².